The minimum Gasteiger partial charge on any atom is -0.496 e. The molecular formula is C23H31NO5. The van der Waals surface area contributed by atoms with Crippen LogP contribution in [-0.2, 0) is 19.2 Å². The number of fused-ring (bicyclic) bond motifs is 1. The van der Waals surface area contributed by atoms with Crippen LogP contribution in [0.2, 0.25) is 0 Å². The Bertz CT molecular complexity index is 753. The topological polar surface area (TPSA) is 77.0 Å². The minimum atomic E-state index is -0.374. The van der Waals surface area contributed by atoms with Crippen molar-refractivity contribution < 1.29 is 24.4 Å². The molecule has 1 unspecified atom stereocenters. The Morgan fingerprint density at radius 1 is 1.34 bits per heavy atom. The van der Waals surface area contributed by atoms with Gasteiger partial charge in [0.2, 0.25) is 0 Å². The summed E-state index contributed by atoms with van der Waals surface area (Å²) in [5.74, 6) is 1.00. The summed E-state index contributed by atoms with van der Waals surface area (Å²) in [6.45, 7) is 2.80. The molecule has 2 aliphatic carbocycles. The zero-order chi connectivity index (χ0) is 20.7. The second-order valence-corrected chi connectivity index (χ2v) is 7.84. The number of hydrogen-bond donors (Lipinski definition) is 2. The number of likely N-dealkylation sites (N-methyl/N-ethyl adjacent to an activating group) is 1. The molecule has 0 radical (unpaired) electrons. The molecule has 6 heteroatoms. The van der Waals surface area contributed by atoms with Crippen molar-refractivity contribution in [3.05, 3.63) is 59.2 Å². The summed E-state index contributed by atoms with van der Waals surface area (Å²) in [4.78, 5) is 16.3. The van der Waals surface area contributed by atoms with Crippen molar-refractivity contribution in [1.82, 2.24) is 5.32 Å². The highest BCUT2D eigenvalue weighted by molar-refractivity contribution is 5.83. The van der Waals surface area contributed by atoms with Gasteiger partial charge in [-0.2, -0.15) is 0 Å². The van der Waals surface area contributed by atoms with Crippen molar-refractivity contribution >= 4 is 5.97 Å². The molecule has 158 valence electrons. The Morgan fingerprint density at radius 3 is 2.83 bits per heavy atom. The van der Waals surface area contributed by atoms with Gasteiger partial charge in [0.05, 0.1) is 13.2 Å². The summed E-state index contributed by atoms with van der Waals surface area (Å²) in [6.07, 6.45) is 17.8. The lowest BCUT2D eigenvalue weighted by Crippen LogP contribution is -2.26. The molecule has 0 bridgehead atoms. The fraction of sp³-hybridized carbons (Fsp3) is 0.522. The van der Waals surface area contributed by atoms with Crippen molar-refractivity contribution in [2.24, 2.45) is 11.3 Å². The van der Waals surface area contributed by atoms with Gasteiger partial charge in [-0.05, 0) is 43.6 Å². The Morgan fingerprint density at radius 2 is 2.14 bits per heavy atom. The number of ether oxygens (including phenoxy) is 2. The second kappa shape index (κ2) is 9.83. The van der Waals surface area contributed by atoms with Gasteiger partial charge in [-0.3, -0.25) is 0 Å². The largest absolute Gasteiger partial charge is 0.496 e. The molecule has 6 nitrogen and oxygen atoms in total. The molecule has 3 aliphatic rings. The van der Waals surface area contributed by atoms with E-state index in [9.17, 15) is 4.79 Å². The number of carbonyl (C=O) groups excluding carboxylic acids is 1. The predicted molar refractivity (Wildman–Crippen MR) is 110 cm³/mol. The van der Waals surface area contributed by atoms with Crippen LogP contribution in [0.1, 0.15) is 45.4 Å². The maximum atomic E-state index is 11.8. The quantitative estimate of drug-likeness (QED) is 0.226. The molecule has 1 atom stereocenters. The molecule has 0 saturated heterocycles. The lowest BCUT2D eigenvalue weighted by Gasteiger charge is -2.33. The first kappa shape index (κ1) is 21.2. The maximum Gasteiger partial charge on any atom is 0.332 e. The molecule has 1 fully saturated rings. The van der Waals surface area contributed by atoms with Crippen LogP contribution >= 0.6 is 0 Å². The Kier molecular flexibility index (Phi) is 7.20. The van der Waals surface area contributed by atoms with E-state index in [0.717, 1.165) is 24.2 Å². The molecule has 0 aromatic rings. The van der Waals surface area contributed by atoms with Gasteiger partial charge in [-0.25, -0.2) is 10.1 Å². The number of esters is 1. The standard InChI is InChI=1S/C23H31NO5/c1-3-27-22(25)13-18(24-2)8-7-17-15-23(11-5-4-6-12-23)16-28-21-10-9-19(29-26)14-20(17)21/h7-10,13,15,20,24,26H,3-6,11-12,14,16H2,1-2H3/b8-7+,18-13-. The fourth-order valence-electron chi connectivity index (χ4n) is 4.29. The van der Waals surface area contributed by atoms with Gasteiger partial charge in [0, 0.05) is 36.6 Å². The molecule has 1 saturated carbocycles. The van der Waals surface area contributed by atoms with Crippen molar-refractivity contribution in [3.8, 4) is 0 Å². The fourth-order valence-corrected chi connectivity index (χ4v) is 4.29. The third kappa shape index (κ3) is 5.32. The average molecular weight is 402 g/mol. The molecule has 0 aromatic heterocycles. The SMILES string of the molecule is CCOC(=O)/C=C(/C=C/C1=CC2(CCCCC2)COC2=CC=C(OO)CC12)NC. The van der Waals surface area contributed by atoms with E-state index in [-0.39, 0.29) is 17.3 Å². The lowest BCUT2D eigenvalue weighted by atomic mass is 9.73. The van der Waals surface area contributed by atoms with E-state index in [1.54, 1.807) is 20.0 Å². The highest BCUT2D eigenvalue weighted by Crippen LogP contribution is 2.45. The van der Waals surface area contributed by atoms with E-state index < -0.39 is 0 Å². The molecule has 1 aliphatic heterocycles. The summed E-state index contributed by atoms with van der Waals surface area (Å²) in [6, 6.07) is 0. The third-order valence-electron chi connectivity index (χ3n) is 5.85. The predicted octanol–water partition coefficient (Wildman–Crippen LogP) is 4.39. The number of carbonyl (C=O) groups is 1. The Balaban J connectivity index is 1.92. The number of rotatable bonds is 6. The number of allylic oxidation sites excluding steroid dienone is 6. The highest BCUT2D eigenvalue weighted by Gasteiger charge is 2.37. The van der Waals surface area contributed by atoms with Crippen molar-refractivity contribution in [2.75, 3.05) is 20.3 Å². The Hall–Kier alpha value is -2.47. The highest BCUT2D eigenvalue weighted by atomic mass is 17.1. The van der Waals surface area contributed by atoms with Crippen molar-refractivity contribution in [1.29, 1.82) is 0 Å². The summed E-state index contributed by atoms with van der Waals surface area (Å²) in [5.41, 5.74) is 1.81. The Labute approximate surface area is 172 Å². The smallest absolute Gasteiger partial charge is 0.332 e. The van der Waals surface area contributed by atoms with Crippen molar-refractivity contribution in [2.45, 2.75) is 45.4 Å². The third-order valence-corrected chi connectivity index (χ3v) is 5.85. The van der Waals surface area contributed by atoms with Crippen LogP contribution in [0.5, 0.6) is 0 Å². The van der Waals surface area contributed by atoms with E-state index in [0.29, 0.717) is 31.1 Å². The van der Waals surface area contributed by atoms with E-state index in [4.69, 9.17) is 14.7 Å². The summed E-state index contributed by atoms with van der Waals surface area (Å²) in [7, 11) is 1.77. The molecule has 0 amide bonds. The molecule has 29 heavy (non-hydrogen) atoms. The van der Waals surface area contributed by atoms with E-state index >= 15 is 0 Å². The molecule has 2 N–H and O–H groups in total. The van der Waals surface area contributed by atoms with Crippen LogP contribution in [0.25, 0.3) is 0 Å². The van der Waals surface area contributed by atoms with Gasteiger partial charge < -0.3 is 19.7 Å². The van der Waals surface area contributed by atoms with E-state index in [1.807, 2.05) is 18.2 Å². The summed E-state index contributed by atoms with van der Waals surface area (Å²) < 4.78 is 11.2. The van der Waals surface area contributed by atoms with Crippen LogP contribution in [0.4, 0.5) is 0 Å². The molecule has 0 aromatic carbocycles. The van der Waals surface area contributed by atoms with E-state index in [2.05, 4.69) is 16.3 Å². The van der Waals surface area contributed by atoms with Gasteiger partial charge in [0.1, 0.15) is 11.5 Å². The number of nitrogens with one attached hydrogen (secondary N) is 1. The normalized spacial score (nSPS) is 23.9. The molecule has 1 spiro atoms. The maximum absolute atomic E-state index is 11.8. The minimum absolute atomic E-state index is 0.0274. The van der Waals surface area contributed by atoms with E-state index in [1.165, 1.54) is 25.3 Å². The van der Waals surface area contributed by atoms with Crippen LogP contribution in [0.15, 0.2) is 59.2 Å². The molecular weight excluding hydrogens is 370 g/mol. The lowest BCUT2D eigenvalue weighted by molar-refractivity contribution is -0.206. The number of hydrogen-bond acceptors (Lipinski definition) is 6. The first-order valence-electron chi connectivity index (χ1n) is 10.4. The van der Waals surface area contributed by atoms with Gasteiger partial charge in [0.15, 0.2) is 0 Å². The summed E-state index contributed by atoms with van der Waals surface area (Å²) in [5, 5.41) is 12.2. The van der Waals surface area contributed by atoms with Gasteiger partial charge in [-0.1, -0.05) is 31.4 Å². The van der Waals surface area contributed by atoms with Crippen LogP contribution < -0.4 is 5.32 Å². The zero-order valence-corrected chi connectivity index (χ0v) is 17.3. The van der Waals surface area contributed by atoms with Crippen molar-refractivity contribution in [3.63, 3.8) is 0 Å². The van der Waals surface area contributed by atoms with Gasteiger partial charge >= 0.3 is 5.97 Å². The van der Waals surface area contributed by atoms with Crippen LogP contribution in [0, 0.1) is 11.3 Å². The molecule has 3 rings (SSSR count). The second-order valence-electron chi connectivity index (χ2n) is 7.84. The molecule has 1 heterocycles. The monoisotopic (exact) mass is 401 g/mol. The van der Waals surface area contributed by atoms with Gasteiger partial charge in [0.25, 0.3) is 0 Å². The zero-order valence-electron chi connectivity index (χ0n) is 17.3. The first-order chi connectivity index (χ1) is 14.1. The van der Waals surface area contributed by atoms with Crippen LogP contribution in [0.3, 0.4) is 0 Å². The summed E-state index contributed by atoms with van der Waals surface area (Å²) >= 11 is 0. The van der Waals surface area contributed by atoms with Gasteiger partial charge in [-0.15, -0.1) is 0 Å². The average Bonchev–Trinajstić information content (AvgIpc) is 2.88. The van der Waals surface area contributed by atoms with Crippen LogP contribution in [-0.4, -0.2) is 31.5 Å². The first-order valence-corrected chi connectivity index (χ1v) is 10.4.